The van der Waals surface area contributed by atoms with E-state index in [9.17, 15) is 4.79 Å². The summed E-state index contributed by atoms with van der Waals surface area (Å²) in [6.45, 7) is 3.97. The third kappa shape index (κ3) is 2.48. The number of nitrogens with zero attached hydrogens (tertiary/aromatic N) is 1. The third-order valence-electron chi connectivity index (χ3n) is 1.52. The maximum Gasteiger partial charge on any atom is 0.283 e. The molecule has 0 spiro atoms. The van der Waals surface area contributed by atoms with E-state index in [4.69, 9.17) is 4.52 Å². The van der Waals surface area contributed by atoms with Crippen molar-refractivity contribution in [1.82, 2.24) is 9.88 Å². The fourth-order valence-electron chi connectivity index (χ4n) is 0.813. The van der Waals surface area contributed by atoms with E-state index in [1.165, 1.54) is 11.9 Å². The first-order valence-electron chi connectivity index (χ1n) is 3.95. The lowest BCUT2D eigenvalue weighted by Gasteiger charge is -1.94. The van der Waals surface area contributed by atoms with E-state index in [0.29, 0.717) is 5.69 Å². The maximum absolute atomic E-state index is 11.2. The molecule has 0 bridgehead atoms. The summed E-state index contributed by atoms with van der Waals surface area (Å²) >= 11 is 1.24. The van der Waals surface area contributed by atoms with E-state index < -0.39 is 0 Å². The Kier molecular flexibility index (Phi) is 3.36. The summed E-state index contributed by atoms with van der Waals surface area (Å²) in [7, 11) is 0. The number of carbonyl (C=O) groups is 1. The van der Waals surface area contributed by atoms with Crippen molar-refractivity contribution in [3.05, 3.63) is 17.5 Å². The zero-order chi connectivity index (χ0) is 9.84. The van der Waals surface area contributed by atoms with Crippen LogP contribution in [0.1, 0.15) is 36.0 Å². The average Bonchev–Trinajstić information content (AvgIpc) is 2.52. The van der Waals surface area contributed by atoms with E-state index in [0.717, 1.165) is 5.76 Å². The average molecular weight is 200 g/mol. The van der Waals surface area contributed by atoms with Crippen LogP contribution in [0.3, 0.4) is 0 Å². The van der Waals surface area contributed by atoms with Crippen molar-refractivity contribution in [2.24, 2.45) is 0 Å². The highest BCUT2D eigenvalue weighted by Gasteiger charge is 2.13. The zero-order valence-corrected chi connectivity index (χ0v) is 8.64. The summed E-state index contributed by atoms with van der Waals surface area (Å²) in [5.41, 5.74) is 0.332. The first-order chi connectivity index (χ1) is 6.15. The number of amides is 1. The van der Waals surface area contributed by atoms with Gasteiger partial charge >= 0.3 is 0 Å². The number of nitrogens with one attached hydrogen (secondary N) is 1. The van der Waals surface area contributed by atoms with Crippen molar-refractivity contribution in [3.8, 4) is 0 Å². The first-order valence-corrected chi connectivity index (χ1v) is 5.17. The maximum atomic E-state index is 11.2. The molecule has 1 heterocycles. The molecule has 1 rings (SSSR count). The molecule has 0 aliphatic rings. The lowest BCUT2D eigenvalue weighted by atomic mass is 10.1. The number of carbonyl (C=O) groups excluding carboxylic acids is 1. The fourth-order valence-corrected chi connectivity index (χ4v) is 1.10. The standard InChI is InChI=1S/C8H12N2O2S/c1-5(2)7-4-6(9-12-7)8(11)10-13-3/h4-5H,1-3H3,(H,10,11). The van der Waals surface area contributed by atoms with E-state index in [-0.39, 0.29) is 11.8 Å². The van der Waals surface area contributed by atoms with Crippen LogP contribution in [0.2, 0.25) is 0 Å². The van der Waals surface area contributed by atoms with Crippen LogP contribution in [0.15, 0.2) is 10.6 Å². The van der Waals surface area contributed by atoms with E-state index in [1.807, 2.05) is 13.8 Å². The van der Waals surface area contributed by atoms with Crippen LogP contribution in [0.5, 0.6) is 0 Å². The van der Waals surface area contributed by atoms with E-state index in [2.05, 4.69) is 9.88 Å². The van der Waals surface area contributed by atoms with Gasteiger partial charge in [-0.05, 0) is 0 Å². The van der Waals surface area contributed by atoms with Gasteiger partial charge in [-0.25, -0.2) is 0 Å². The van der Waals surface area contributed by atoms with Crippen LogP contribution >= 0.6 is 11.9 Å². The van der Waals surface area contributed by atoms with Crippen molar-refractivity contribution in [3.63, 3.8) is 0 Å². The summed E-state index contributed by atoms with van der Waals surface area (Å²) in [4.78, 5) is 11.2. The number of rotatable bonds is 3. The second-order valence-corrected chi connectivity index (χ2v) is 3.52. The minimum absolute atomic E-state index is 0.219. The Balaban J connectivity index is 2.73. The summed E-state index contributed by atoms with van der Waals surface area (Å²) in [5, 5.41) is 3.66. The lowest BCUT2D eigenvalue weighted by molar-refractivity contribution is 0.0975. The Labute approximate surface area is 81.2 Å². The molecule has 0 aromatic carbocycles. The molecule has 0 aliphatic carbocycles. The Morgan fingerprint density at radius 1 is 1.69 bits per heavy atom. The molecule has 0 saturated carbocycles. The van der Waals surface area contributed by atoms with Crippen molar-refractivity contribution in [1.29, 1.82) is 0 Å². The predicted octanol–water partition coefficient (Wildman–Crippen LogP) is 1.81. The van der Waals surface area contributed by atoms with Crippen LogP contribution in [0.4, 0.5) is 0 Å². The zero-order valence-electron chi connectivity index (χ0n) is 7.83. The molecule has 0 atom stereocenters. The Hall–Kier alpha value is -0.970. The van der Waals surface area contributed by atoms with E-state index in [1.54, 1.807) is 12.3 Å². The number of hydrogen-bond donors (Lipinski definition) is 1. The number of aromatic nitrogens is 1. The van der Waals surface area contributed by atoms with Gasteiger partial charge in [0.15, 0.2) is 5.69 Å². The second kappa shape index (κ2) is 4.32. The van der Waals surface area contributed by atoms with Crippen molar-refractivity contribution < 1.29 is 9.32 Å². The van der Waals surface area contributed by atoms with Gasteiger partial charge in [-0.2, -0.15) is 0 Å². The quantitative estimate of drug-likeness (QED) is 0.756. The van der Waals surface area contributed by atoms with Gasteiger partial charge in [-0.15, -0.1) is 0 Å². The van der Waals surface area contributed by atoms with Gasteiger partial charge in [0.2, 0.25) is 0 Å². The minimum atomic E-state index is -0.219. The summed E-state index contributed by atoms with van der Waals surface area (Å²) < 4.78 is 7.54. The molecule has 0 aliphatic heterocycles. The van der Waals surface area contributed by atoms with Crippen LogP contribution in [0, 0.1) is 0 Å². The lowest BCUT2D eigenvalue weighted by Crippen LogP contribution is -2.15. The van der Waals surface area contributed by atoms with Crippen molar-refractivity contribution in [2.75, 3.05) is 6.26 Å². The van der Waals surface area contributed by atoms with E-state index >= 15 is 0 Å². The highest BCUT2D eigenvalue weighted by Crippen LogP contribution is 2.14. The Bertz CT molecular complexity index is 296. The van der Waals surface area contributed by atoms with Gasteiger partial charge in [0.1, 0.15) is 5.76 Å². The monoisotopic (exact) mass is 200 g/mol. The molecular formula is C8H12N2O2S. The molecule has 1 aromatic heterocycles. The minimum Gasteiger partial charge on any atom is -0.360 e. The molecule has 0 fully saturated rings. The summed E-state index contributed by atoms with van der Waals surface area (Å²) in [5.74, 6) is 0.762. The fraction of sp³-hybridized carbons (Fsp3) is 0.500. The SMILES string of the molecule is CSNC(=O)c1cc(C(C)C)on1. The van der Waals surface area contributed by atoms with Crippen molar-refractivity contribution >= 4 is 17.9 Å². The molecule has 0 unspecified atom stereocenters. The Morgan fingerprint density at radius 2 is 2.38 bits per heavy atom. The van der Waals surface area contributed by atoms with Crippen LogP contribution in [-0.2, 0) is 0 Å². The van der Waals surface area contributed by atoms with Crippen molar-refractivity contribution in [2.45, 2.75) is 19.8 Å². The van der Waals surface area contributed by atoms with Gasteiger partial charge < -0.3 is 4.52 Å². The Morgan fingerprint density at radius 3 is 2.85 bits per heavy atom. The molecule has 4 nitrogen and oxygen atoms in total. The highest BCUT2D eigenvalue weighted by molar-refractivity contribution is 7.97. The largest absolute Gasteiger partial charge is 0.360 e. The molecule has 0 radical (unpaired) electrons. The van der Waals surface area contributed by atoms with Crippen LogP contribution in [0.25, 0.3) is 0 Å². The van der Waals surface area contributed by atoms with Crippen LogP contribution in [-0.4, -0.2) is 17.3 Å². The van der Waals surface area contributed by atoms with Gasteiger partial charge in [-0.3, -0.25) is 9.52 Å². The van der Waals surface area contributed by atoms with Crippen LogP contribution < -0.4 is 4.72 Å². The summed E-state index contributed by atoms with van der Waals surface area (Å²) in [6.07, 6.45) is 1.78. The molecule has 1 amide bonds. The molecule has 72 valence electrons. The molecule has 1 N–H and O–H groups in total. The molecule has 1 aromatic rings. The smallest absolute Gasteiger partial charge is 0.283 e. The molecule has 13 heavy (non-hydrogen) atoms. The molecular weight excluding hydrogens is 188 g/mol. The van der Waals surface area contributed by atoms with Gasteiger partial charge in [0, 0.05) is 18.2 Å². The third-order valence-corrected chi connectivity index (χ3v) is 1.91. The topological polar surface area (TPSA) is 55.1 Å². The molecule has 5 heteroatoms. The highest BCUT2D eigenvalue weighted by atomic mass is 32.2. The summed E-state index contributed by atoms with van der Waals surface area (Å²) in [6, 6.07) is 1.66. The van der Waals surface area contributed by atoms with Gasteiger partial charge in [0.05, 0.1) is 0 Å². The molecule has 0 saturated heterocycles. The second-order valence-electron chi connectivity index (χ2n) is 2.90. The van der Waals surface area contributed by atoms with Gasteiger partial charge in [0.25, 0.3) is 5.91 Å². The first kappa shape index (κ1) is 10.1. The predicted molar refractivity (Wildman–Crippen MR) is 51.6 cm³/mol. The normalized spacial score (nSPS) is 10.5. The number of hydrogen-bond acceptors (Lipinski definition) is 4. The van der Waals surface area contributed by atoms with Gasteiger partial charge in [-0.1, -0.05) is 31.0 Å².